The summed E-state index contributed by atoms with van der Waals surface area (Å²) in [6.07, 6.45) is 0.899. The highest BCUT2D eigenvalue weighted by Gasteiger charge is 2.14. The van der Waals surface area contributed by atoms with Crippen molar-refractivity contribution in [1.29, 1.82) is 0 Å². The van der Waals surface area contributed by atoms with Gasteiger partial charge in [0.05, 0.1) is 6.61 Å². The number of amides is 1. The Morgan fingerprint density at radius 1 is 1.24 bits per heavy atom. The molecule has 1 amide bonds. The number of benzene rings is 1. The highest BCUT2D eigenvalue weighted by atomic mass is 16.3. The lowest BCUT2D eigenvalue weighted by Crippen LogP contribution is -2.34. The minimum absolute atomic E-state index is 0.00370. The fraction of sp³-hybridized carbons (Fsp3) is 0.500. The molecule has 17 heavy (non-hydrogen) atoms. The van der Waals surface area contributed by atoms with E-state index in [1.807, 2.05) is 39.0 Å². The Kier molecular flexibility index (Phi) is 5.16. The maximum Gasteiger partial charge on any atom is 0.253 e. The van der Waals surface area contributed by atoms with Crippen molar-refractivity contribution in [3.63, 3.8) is 0 Å². The predicted octanol–water partition coefficient (Wildman–Crippen LogP) is 2.15. The van der Waals surface area contributed by atoms with Crippen molar-refractivity contribution in [2.45, 2.75) is 27.2 Å². The maximum absolute atomic E-state index is 12.2. The Hall–Kier alpha value is -1.35. The third kappa shape index (κ3) is 3.56. The number of aryl methyl sites for hydroxylation is 2. The van der Waals surface area contributed by atoms with Crippen LogP contribution in [0.5, 0.6) is 0 Å². The summed E-state index contributed by atoms with van der Waals surface area (Å²) in [5.74, 6) is 0.00370. The van der Waals surface area contributed by atoms with E-state index in [1.54, 1.807) is 4.90 Å². The van der Waals surface area contributed by atoms with Gasteiger partial charge in [-0.25, -0.2) is 0 Å². The molecule has 94 valence electrons. The van der Waals surface area contributed by atoms with Gasteiger partial charge in [-0.1, -0.05) is 13.0 Å². The Morgan fingerprint density at radius 2 is 1.94 bits per heavy atom. The first-order valence-electron chi connectivity index (χ1n) is 6.07. The monoisotopic (exact) mass is 235 g/mol. The minimum atomic E-state index is 0.00370. The van der Waals surface area contributed by atoms with Gasteiger partial charge in [-0.2, -0.15) is 0 Å². The van der Waals surface area contributed by atoms with Crippen LogP contribution in [-0.4, -0.2) is 35.6 Å². The van der Waals surface area contributed by atoms with E-state index in [1.165, 1.54) is 5.56 Å². The fourth-order valence-electron chi connectivity index (χ4n) is 1.76. The summed E-state index contributed by atoms with van der Waals surface area (Å²) in [5, 5.41) is 8.96. The molecular weight excluding hydrogens is 214 g/mol. The Bertz CT molecular complexity index is 382. The molecule has 0 unspecified atom stereocenters. The topological polar surface area (TPSA) is 40.5 Å². The van der Waals surface area contributed by atoms with Gasteiger partial charge in [0.25, 0.3) is 5.91 Å². The van der Waals surface area contributed by atoms with Crippen LogP contribution in [0.4, 0.5) is 0 Å². The number of hydrogen-bond acceptors (Lipinski definition) is 2. The number of aliphatic hydroxyl groups excluding tert-OH is 1. The number of aliphatic hydroxyl groups is 1. The molecule has 0 aliphatic rings. The van der Waals surface area contributed by atoms with Crippen LogP contribution in [0.15, 0.2) is 18.2 Å². The van der Waals surface area contributed by atoms with E-state index in [0.29, 0.717) is 18.7 Å². The van der Waals surface area contributed by atoms with Gasteiger partial charge in [0.1, 0.15) is 0 Å². The summed E-state index contributed by atoms with van der Waals surface area (Å²) in [5.41, 5.74) is 3.01. The molecule has 0 bridgehead atoms. The first kappa shape index (κ1) is 13.7. The first-order chi connectivity index (χ1) is 8.10. The van der Waals surface area contributed by atoms with Crippen LogP contribution >= 0.6 is 0 Å². The van der Waals surface area contributed by atoms with Gasteiger partial charge in [0.2, 0.25) is 0 Å². The molecule has 0 saturated carbocycles. The summed E-state index contributed by atoms with van der Waals surface area (Å²) >= 11 is 0. The second kappa shape index (κ2) is 6.40. The van der Waals surface area contributed by atoms with E-state index in [4.69, 9.17) is 5.11 Å². The highest BCUT2D eigenvalue weighted by molar-refractivity contribution is 5.94. The zero-order chi connectivity index (χ0) is 12.8. The summed E-state index contributed by atoms with van der Waals surface area (Å²) in [4.78, 5) is 13.9. The van der Waals surface area contributed by atoms with E-state index in [0.717, 1.165) is 12.0 Å². The van der Waals surface area contributed by atoms with Crippen LogP contribution in [0, 0.1) is 13.8 Å². The SMILES string of the molecule is CCCN(CCO)C(=O)c1ccc(C)c(C)c1. The van der Waals surface area contributed by atoms with Gasteiger partial charge in [-0.3, -0.25) is 4.79 Å². The van der Waals surface area contributed by atoms with Gasteiger partial charge in [-0.15, -0.1) is 0 Å². The lowest BCUT2D eigenvalue weighted by molar-refractivity contribution is 0.0722. The van der Waals surface area contributed by atoms with E-state index < -0.39 is 0 Å². The first-order valence-corrected chi connectivity index (χ1v) is 6.07. The van der Waals surface area contributed by atoms with Crippen molar-refractivity contribution >= 4 is 5.91 Å². The van der Waals surface area contributed by atoms with Crippen molar-refractivity contribution in [1.82, 2.24) is 4.90 Å². The van der Waals surface area contributed by atoms with E-state index in [-0.39, 0.29) is 12.5 Å². The maximum atomic E-state index is 12.2. The molecule has 1 aromatic rings. The van der Waals surface area contributed by atoms with Gasteiger partial charge in [0, 0.05) is 18.7 Å². The molecule has 1 N–H and O–H groups in total. The van der Waals surface area contributed by atoms with Crippen molar-refractivity contribution in [2.24, 2.45) is 0 Å². The zero-order valence-electron chi connectivity index (χ0n) is 10.9. The lowest BCUT2D eigenvalue weighted by Gasteiger charge is -2.21. The normalized spacial score (nSPS) is 10.4. The fourth-order valence-corrected chi connectivity index (χ4v) is 1.76. The Balaban J connectivity index is 2.88. The predicted molar refractivity (Wildman–Crippen MR) is 69.2 cm³/mol. The molecule has 0 atom stereocenters. The summed E-state index contributed by atoms with van der Waals surface area (Å²) in [6.45, 7) is 7.16. The Labute approximate surface area is 103 Å². The molecule has 0 saturated heterocycles. The van der Waals surface area contributed by atoms with Crippen LogP contribution in [0.3, 0.4) is 0 Å². The molecule has 1 rings (SSSR count). The molecule has 3 nitrogen and oxygen atoms in total. The van der Waals surface area contributed by atoms with E-state index in [9.17, 15) is 4.79 Å². The second-order valence-corrected chi connectivity index (χ2v) is 4.31. The average molecular weight is 235 g/mol. The van der Waals surface area contributed by atoms with Crippen molar-refractivity contribution in [2.75, 3.05) is 19.7 Å². The zero-order valence-corrected chi connectivity index (χ0v) is 10.9. The number of hydrogen-bond donors (Lipinski definition) is 1. The molecule has 3 heteroatoms. The number of carbonyl (C=O) groups excluding carboxylic acids is 1. The van der Waals surface area contributed by atoms with E-state index >= 15 is 0 Å². The molecule has 0 aliphatic heterocycles. The molecule has 0 aromatic heterocycles. The highest BCUT2D eigenvalue weighted by Crippen LogP contribution is 2.12. The lowest BCUT2D eigenvalue weighted by atomic mass is 10.1. The van der Waals surface area contributed by atoms with E-state index in [2.05, 4.69) is 0 Å². The molecule has 0 heterocycles. The minimum Gasteiger partial charge on any atom is -0.395 e. The third-order valence-electron chi connectivity index (χ3n) is 2.90. The standard InChI is InChI=1S/C14H21NO2/c1-4-7-15(8-9-16)14(17)13-6-5-11(2)12(3)10-13/h5-6,10,16H,4,7-9H2,1-3H3. The summed E-state index contributed by atoms with van der Waals surface area (Å²) in [6, 6.07) is 5.73. The van der Waals surface area contributed by atoms with Crippen LogP contribution in [-0.2, 0) is 0 Å². The molecule has 0 radical (unpaired) electrons. The number of nitrogens with zero attached hydrogens (tertiary/aromatic N) is 1. The number of carbonyl (C=O) groups is 1. The molecule has 1 aromatic carbocycles. The van der Waals surface area contributed by atoms with Crippen molar-refractivity contribution < 1.29 is 9.90 Å². The second-order valence-electron chi connectivity index (χ2n) is 4.31. The van der Waals surface area contributed by atoms with Crippen LogP contribution in [0.25, 0.3) is 0 Å². The number of rotatable bonds is 5. The van der Waals surface area contributed by atoms with Gasteiger partial charge >= 0.3 is 0 Å². The quantitative estimate of drug-likeness (QED) is 0.849. The Morgan fingerprint density at radius 3 is 2.47 bits per heavy atom. The third-order valence-corrected chi connectivity index (χ3v) is 2.90. The van der Waals surface area contributed by atoms with Crippen LogP contribution in [0.1, 0.15) is 34.8 Å². The molecular formula is C14H21NO2. The summed E-state index contributed by atoms with van der Waals surface area (Å²) < 4.78 is 0. The van der Waals surface area contributed by atoms with Crippen LogP contribution < -0.4 is 0 Å². The van der Waals surface area contributed by atoms with Crippen molar-refractivity contribution in [3.8, 4) is 0 Å². The summed E-state index contributed by atoms with van der Waals surface area (Å²) in [7, 11) is 0. The average Bonchev–Trinajstić information content (AvgIpc) is 2.31. The van der Waals surface area contributed by atoms with Gasteiger partial charge < -0.3 is 10.0 Å². The van der Waals surface area contributed by atoms with Crippen LogP contribution in [0.2, 0.25) is 0 Å². The molecule has 0 aliphatic carbocycles. The van der Waals surface area contributed by atoms with Gasteiger partial charge in [0.15, 0.2) is 0 Å². The smallest absolute Gasteiger partial charge is 0.253 e. The molecule has 0 fully saturated rings. The molecule has 0 spiro atoms. The van der Waals surface area contributed by atoms with Crippen molar-refractivity contribution in [3.05, 3.63) is 34.9 Å². The van der Waals surface area contributed by atoms with Gasteiger partial charge in [-0.05, 0) is 43.5 Å². The largest absolute Gasteiger partial charge is 0.395 e.